The van der Waals surface area contributed by atoms with Crippen molar-refractivity contribution in [3.05, 3.63) is 133 Å². The number of phenols is 1. The quantitative estimate of drug-likeness (QED) is 0.164. The second kappa shape index (κ2) is 10.3. The molecule has 0 amide bonds. The van der Waals surface area contributed by atoms with Crippen LogP contribution in [-0.4, -0.2) is 23.5 Å². The Morgan fingerprint density at radius 1 is 0.636 bits per heavy atom. The number of benzene rings is 6. The molecule has 218 valence electrons. The number of hydrogen-bond acceptors (Lipinski definition) is 5. The topological polar surface area (TPSA) is 65.0 Å². The van der Waals surface area contributed by atoms with E-state index in [0.717, 1.165) is 21.5 Å². The van der Waals surface area contributed by atoms with Gasteiger partial charge >= 0.3 is 12.1 Å². The van der Waals surface area contributed by atoms with Gasteiger partial charge in [0.1, 0.15) is 23.0 Å². The average molecular weight is 593 g/mol. The molecule has 0 saturated carbocycles. The van der Waals surface area contributed by atoms with Crippen molar-refractivity contribution in [2.24, 2.45) is 0 Å². The maximum Gasteiger partial charge on any atom is 0.416 e. The SMILES string of the molecule is O=C(Oc1ccc(O)cc1)[C@@](c1ccccc1)(C1Oc2ccc3ccccc3c2-c2c(ccc3ccccc23)O1)C(F)(F)F. The largest absolute Gasteiger partial charge is 0.508 e. The average Bonchev–Trinajstić information content (AvgIpc) is 3.20. The number of carbonyl (C=O) groups is 1. The molecule has 7 rings (SSSR count). The number of carbonyl (C=O) groups excluding carboxylic acids is 1. The maximum atomic E-state index is 15.8. The first-order valence-electron chi connectivity index (χ1n) is 13.8. The van der Waals surface area contributed by atoms with E-state index in [1.54, 1.807) is 30.3 Å². The van der Waals surface area contributed by atoms with Crippen molar-refractivity contribution in [1.82, 2.24) is 0 Å². The first-order chi connectivity index (χ1) is 21.3. The van der Waals surface area contributed by atoms with E-state index >= 15 is 13.2 Å². The zero-order valence-corrected chi connectivity index (χ0v) is 22.9. The van der Waals surface area contributed by atoms with E-state index < -0.39 is 29.4 Å². The summed E-state index contributed by atoms with van der Waals surface area (Å²) in [5, 5.41) is 12.9. The molecule has 0 aromatic heterocycles. The second-order valence-corrected chi connectivity index (χ2v) is 10.4. The van der Waals surface area contributed by atoms with Gasteiger partial charge in [-0.3, -0.25) is 0 Å². The molecule has 0 unspecified atom stereocenters. The van der Waals surface area contributed by atoms with Gasteiger partial charge in [0.15, 0.2) is 0 Å². The van der Waals surface area contributed by atoms with Crippen molar-refractivity contribution in [2.75, 3.05) is 0 Å². The van der Waals surface area contributed by atoms with Crippen LogP contribution in [0.15, 0.2) is 127 Å². The summed E-state index contributed by atoms with van der Waals surface area (Å²) in [4.78, 5) is 14.1. The molecule has 0 bridgehead atoms. The summed E-state index contributed by atoms with van der Waals surface area (Å²) in [6.45, 7) is 0. The maximum absolute atomic E-state index is 15.8. The number of phenolic OH excluding ortho intramolecular Hbond substituents is 1. The number of aromatic hydroxyl groups is 1. The molecule has 1 heterocycles. The molecule has 0 radical (unpaired) electrons. The summed E-state index contributed by atoms with van der Waals surface area (Å²) in [5.41, 5.74) is -2.77. The Labute approximate surface area is 249 Å². The van der Waals surface area contributed by atoms with Gasteiger partial charge in [0.05, 0.1) is 0 Å². The molecule has 0 saturated heterocycles. The lowest BCUT2D eigenvalue weighted by molar-refractivity contribution is -0.244. The van der Waals surface area contributed by atoms with Crippen LogP contribution in [-0.2, 0) is 10.2 Å². The van der Waals surface area contributed by atoms with Crippen molar-refractivity contribution >= 4 is 27.5 Å². The molecule has 0 fully saturated rings. The number of ether oxygens (including phenoxy) is 3. The third kappa shape index (κ3) is 4.29. The summed E-state index contributed by atoms with van der Waals surface area (Å²) in [7, 11) is 0. The van der Waals surface area contributed by atoms with Gasteiger partial charge in [-0.15, -0.1) is 0 Å². The van der Waals surface area contributed by atoms with Crippen LogP contribution in [0.25, 0.3) is 32.7 Å². The van der Waals surface area contributed by atoms with Crippen molar-refractivity contribution in [3.63, 3.8) is 0 Å². The molecular weight excluding hydrogens is 569 g/mol. The summed E-state index contributed by atoms with van der Waals surface area (Å²) in [6, 6.07) is 33.3. The molecule has 0 aliphatic carbocycles. The molecule has 5 nitrogen and oxygen atoms in total. The Morgan fingerprint density at radius 3 is 1.66 bits per heavy atom. The van der Waals surface area contributed by atoms with Crippen LogP contribution in [0.3, 0.4) is 0 Å². The highest BCUT2D eigenvalue weighted by molar-refractivity contribution is 6.10. The zero-order valence-electron chi connectivity index (χ0n) is 22.9. The van der Waals surface area contributed by atoms with E-state index in [1.165, 1.54) is 48.5 Å². The molecule has 1 atom stereocenters. The molecule has 0 spiro atoms. The normalized spacial score (nSPS) is 14.4. The highest BCUT2D eigenvalue weighted by Gasteiger charge is 2.71. The molecule has 6 aromatic rings. The zero-order chi connectivity index (χ0) is 30.5. The monoisotopic (exact) mass is 592 g/mol. The van der Waals surface area contributed by atoms with E-state index in [0.29, 0.717) is 11.1 Å². The number of halogens is 3. The lowest BCUT2D eigenvalue weighted by Crippen LogP contribution is -2.62. The van der Waals surface area contributed by atoms with Crippen LogP contribution in [0.4, 0.5) is 13.2 Å². The summed E-state index contributed by atoms with van der Waals surface area (Å²) < 4.78 is 65.1. The molecule has 1 aliphatic heterocycles. The first kappa shape index (κ1) is 27.3. The van der Waals surface area contributed by atoms with Crippen LogP contribution < -0.4 is 14.2 Å². The van der Waals surface area contributed by atoms with Gasteiger partial charge < -0.3 is 19.3 Å². The fourth-order valence-electron chi connectivity index (χ4n) is 5.81. The minimum Gasteiger partial charge on any atom is -0.508 e. The third-order valence-electron chi connectivity index (χ3n) is 7.90. The lowest BCUT2D eigenvalue weighted by Gasteiger charge is -2.38. The van der Waals surface area contributed by atoms with Gasteiger partial charge in [-0.05, 0) is 63.5 Å². The van der Waals surface area contributed by atoms with Crippen LogP contribution in [0.2, 0.25) is 0 Å². The minimum atomic E-state index is -5.26. The minimum absolute atomic E-state index is 0.116. The van der Waals surface area contributed by atoms with Crippen molar-refractivity contribution in [2.45, 2.75) is 17.9 Å². The second-order valence-electron chi connectivity index (χ2n) is 10.4. The summed E-state index contributed by atoms with van der Waals surface area (Å²) in [6.07, 6.45) is -7.50. The van der Waals surface area contributed by atoms with E-state index in [1.807, 2.05) is 48.5 Å². The molecule has 1 N–H and O–H groups in total. The van der Waals surface area contributed by atoms with E-state index in [4.69, 9.17) is 14.2 Å². The Balaban J connectivity index is 1.51. The highest BCUT2D eigenvalue weighted by atomic mass is 19.4. The number of rotatable bonds is 4. The number of hydrogen-bond donors (Lipinski definition) is 1. The van der Waals surface area contributed by atoms with Crippen LogP contribution >= 0.6 is 0 Å². The van der Waals surface area contributed by atoms with Crippen LogP contribution in [0.5, 0.6) is 23.0 Å². The molecule has 1 aliphatic rings. The first-order valence-corrected chi connectivity index (χ1v) is 13.8. The van der Waals surface area contributed by atoms with Gasteiger partial charge in [0.2, 0.25) is 0 Å². The smallest absolute Gasteiger partial charge is 0.416 e. The molecule has 44 heavy (non-hydrogen) atoms. The van der Waals surface area contributed by atoms with Gasteiger partial charge in [0.25, 0.3) is 11.7 Å². The molecule has 6 aromatic carbocycles. The lowest BCUT2D eigenvalue weighted by atomic mass is 9.78. The molecular formula is C36H23F3O5. The van der Waals surface area contributed by atoms with Crippen LogP contribution in [0.1, 0.15) is 5.56 Å². The number of esters is 1. The highest BCUT2D eigenvalue weighted by Crippen LogP contribution is 2.53. The van der Waals surface area contributed by atoms with E-state index in [2.05, 4.69) is 0 Å². The standard InChI is InChI=1S/C36H23F3O5/c37-36(38,39)35(24-10-2-1-3-11-24,33(41)42-26-18-16-25(40)17-19-26)34-43-29-20-14-22-8-4-6-12-27(22)31(29)32-28-13-7-5-9-23(28)15-21-30(32)44-34/h1-21,34,40H/t35-/m0/s1. The van der Waals surface area contributed by atoms with Crippen molar-refractivity contribution in [3.8, 4) is 34.1 Å². The number of fused-ring (bicyclic) bond motifs is 7. The Hall–Kier alpha value is -5.50. The van der Waals surface area contributed by atoms with Gasteiger partial charge in [0, 0.05) is 11.1 Å². The van der Waals surface area contributed by atoms with Crippen molar-refractivity contribution in [1.29, 1.82) is 0 Å². The predicted molar refractivity (Wildman–Crippen MR) is 160 cm³/mol. The van der Waals surface area contributed by atoms with E-state index in [-0.39, 0.29) is 23.0 Å². The van der Waals surface area contributed by atoms with Crippen molar-refractivity contribution < 1.29 is 37.3 Å². The fraction of sp³-hybridized carbons (Fsp3) is 0.0833. The summed E-state index contributed by atoms with van der Waals surface area (Å²) >= 11 is 0. The predicted octanol–water partition coefficient (Wildman–Crippen LogP) is 8.57. The third-order valence-corrected chi connectivity index (χ3v) is 7.90. The van der Waals surface area contributed by atoms with E-state index in [9.17, 15) is 9.90 Å². The fourth-order valence-corrected chi connectivity index (χ4v) is 5.81. The summed E-state index contributed by atoms with van der Waals surface area (Å²) in [5.74, 6) is -1.75. The molecule has 8 heteroatoms. The Morgan fingerprint density at radius 2 is 1.14 bits per heavy atom. The van der Waals surface area contributed by atoms with Crippen LogP contribution in [0, 0.1) is 0 Å². The van der Waals surface area contributed by atoms with Gasteiger partial charge in [-0.1, -0.05) is 91.0 Å². The number of alkyl halides is 3. The van der Waals surface area contributed by atoms with Gasteiger partial charge in [-0.2, -0.15) is 13.2 Å². The Kier molecular flexibility index (Phi) is 6.43. The Bertz CT molecular complexity index is 1940. The van der Waals surface area contributed by atoms with Gasteiger partial charge in [-0.25, -0.2) is 4.79 Å².